The van der Waals surface area contributed by atoms with E-state index in [1.807, 2.05) is 19.1 Å². The van der Waals surface area contributed by atoms with Crippen LogP contribution >= 0.6 is 0 Å². The van der Waals surface area contributed by atoms with Gasteiger partial charge < -0.3 is 20.1 Å². The third kappa shape index (κ3) is 2.06. The maximum Gasteiger partial charge on any atom is 0.144 e. The minimum Gasteiger partial charge on any atom is -0.495 e. The summed E-state index contributed by atoms with van der Waals surface area (Å²) in [6, 6.07) is 3.71. The predicted octanol–water partition coefficient (Wildman–Crippen LogP) is 1.32. The summed E-state index contributed by atoms with van der Waals surface area (Å²) in [7, 11) is 1.59. The summed E-state index contributed by atoms with van der Waals surface area (Å²) >= 11 is 0. The number of rotatable bonds is 4. The number of anilines is 1. The molecule has 0 saturated heterocycles. The van der Waals surface area contributed by atoms with Crippen molar-refractivity contribution in [1.29, 1.82) is 0 Å². The first-order valence-corrected chi connectivity index (χ1v) is 5.58. The Morgan fingerprint density at radius 1 is 1.47 bits per heavy atom. The van der Waals surface area contributed by atoms with Crippen molar-refractivity contribution in [1.82, 2.24) is 9.55 Å². The molecule has 0 aliphatic rings. The Morgan fingerprint density at radius 2 is 2.24 bits per heavy atom. The maximum atomic E-state index is 8.89. The second kappa shape index (κ2) is 4.63. The number of aliphatic hydroxyl groups is 1. The lowest BCUT2D eigenvalue weighted by molar-refractivity contribution is 0.280. The van der Waals surface area contributed by atoms with Gasteiger partial charge in [0.15, 0.2) is 0 Å². The van der Waals surface area contributed by atoms with Crippen LogP contribution in [-0.2, 0) is 6.54 Å². The molecule has 1 aromatic heterocycles. The van der Waals surface area contributed by atoms with Gasteiger partial charge in [0.1, 0.15) is 11.6 Å². The van der Waals surface area contributed by atoms with Gasteiger partial charge in [-0.05, 0) is 19.4 Å². The zero-order valence-electron chi connectivity index (χ0n) is 10.1. The Labute approximate surface area is 99.8 Å². The van der Waals surface area contributed by atoms with Crippen LogP contribution in [0.3, 0.4) is 0 Å². The van der Waals surface area contributed by atoms with E-state index in [9.17, 15) is 0 Å². The largest absolute Gasteiger partial charge is 0.495 e. The van der Waals surface area contributed by atoms with Crippen molar-refractivity contribution in [3.63, 3.8) is 0 Å². The molecule has 5 nitrogen and oxygen atoms in total. The molecule has 0 unspecified atom stereocenters. The van der Waals surface area contributed by atoms with Crippen molar-refractivity contribution in [2.24, 2.45) is 0 Å². The second-order valence-corrected chi connectivity index (χ2v) is 3.97. The first-order valence-electron chi connectivity index (χ1n) is 5.58. The predicted molar refractivity (Wildman–Crippen MR) is 67.1 cm³/mol. The smallest absolute Gasteiger partial charge is 0.144 e. The normalized spacial score (nSPS) is 11.0. The van der Waals surface area contributed by atoms with Crippen LogP contribution < -0.4 is 10.5 Å². The summed E-state index contributed by atoms with van der Waals surface area (Å²) in [6.45, 7) is 2.86. The van der Waals surface area contributed by atoms with Gasteiger partial charge in [-0.1, -0.05) is 0 Å². The van der Waals surface area contributed by atoms with E-state index < -0.39 is 0 Å². The van der Waals surface area contributed by atoms with Gasteiger partial charge >= 0.3 is 0 Å². The highest BCUT2D eigenvalue weighted by atomic mass is 16.5. The molecule has 0 spiro atoms. The SMILES string of the molecule is COc1cc2nc(C)n(CCCO)c2cc1N. The first kappa shape index (κ1) is 11.7. The van der Waals surface area contributed by atoms with Gasteiger partial charge in [0, 0.05) is 19.2 Å². The summed E-state index contributed by atoms with van der Waals surface area (Å²) in [6.07, 6.45) is 0.707. The van der Waals surface area contributed by atoms with Gasteiger partial charge in [0.2, 0.25) is 0 Å². The molecule has 1 aromatic carbocycles. The van der Waals surface area contributed by atoms with E-state index in [2.05, 4.69) is 9.55 Å². The van der Waals surface area contributed by atoms with E-state index in [1.54, 1.807) is 7.11 Å². The Morgan fingerprint density at radius 3 is 2.88 bits per heavy atom. The maximum absolute atomic E-state index is 8.89. The third-order valence-electron chi connectivity index (χ3n) is 2.83. The number of fused-ring (bicyclic) bond motifs is 1. The Balaban J connectivity index is 2.53. The van der Waals surface area contributed by atoms with Crippen molar-refractivity contribution in [2.75, 3.05) is 19.5 Å². The summed E-state index contributed by atoms with van der Waals surface area (Å²) in [5, 5.41) is 8.89. The number of aliphatic hydroxyl groups excluding tert-OH is 1. The number of nitrogens with zero attached hydrogens (tertiary/aromatic N) is 2. The molecule has 1 heterocycles. The van der Waals surface area contributed by atoms with Crippen molar-refractivity contribution in [2.45, 2.75) is 19.9 Å². The molecule has 2 rings (SSSR count). The summed E-state index contributed by atoms with van der Waals surface area (Å²) in [5.74, 6) is 1.56. The monoisotopic (exact) mass is 235 g/mol. The average Bonchev–Trinajstić information content (AvgIpc) is 2.61. The lowest BCUT2D eigenvalue weighted by Gasteiger charge is -2.07. The Hall–Kier alpha value is -1.75. The molecule has 0 amide bonds. The summed E-state index contributed by atoms with van der Waals surface area (Å²) < 4.78 is 7.23. The fourth-order valence-corrected chi connectivity index (χ4v) is 1.98. The Bertz CT molecular complexity index is 534. The number of ether oxygens (including phenoxy) is 1. The molecule has 0 bridgehead atoms. The lowest BCUT2D eigenvalue weighted by Crippen LogP contribution is -2.02. The highest BCUT2D eigenvalue weighted by molar-refractivity contribution is 5.83. The van der Waals surface area contributed by atoms with Gasteiger partial charge in [-0.3, -0.25) is 0 Å². The number of methoxy groups -OCH3 is 1. The number of benzene rings is 1. The van der Waals surface area contributed by atoms with Crippen LogP contribution in [-0.4, -0.2) is 28.4 Å². The number of nitrogens with two attached hydrogens (primary N) is 1. The second-order valence-electron chi connectivity index (χ2n) is 3.97. The molecule has 17 heavy (non-hydrogen) atoms. The highest BCUT2D eigenvalue weighted by Crippen LogP contribution is 2.28. The van der Waals surface area contributed by atoms with Crippen molar-refractivity contribution in [3.05, 3.63) is 18.0 Å². The molecule has 0 fully saturated rings. The van der Waals surface area contributed by atoms with E-state index in [-0.39, 0.29) is 6.61 Å². The lowest BCUT2D eigenvalue weighted by atomic mass is 10.2. The van der Waals surface area contributed by atoms with Gasteiger partial charge in [-0.2, -0.15) is 0 Å². The highest BCUT2D eigenvalue weighted by Gasteiger charge is 2.10. The fourth-order valence-electron chi connectivity index (χ4n) is 1.98. The van der Waals surface area contributed by atoms with E-state index in [4.69, 9.17) is 15.6 Å². The van der Waals surface area contributed by atoms with Crippen LogP contribution in [0.5, 0.6) is 5.75 Å². The van der Waals surface area contributed by atoms with E-state index in [1.165, 1.54) is 0 Å². The zero-order valence-corrected chi connectivity index (χ0v) is 10.1. The van der Waals surface area contributed by atoms with Gasteiger partial charge in [-0.15, -0.1) is 0 Å². The van der Waals surface area contributed by atoms with E-state index >= 15 is 0 Å². The minimum absolute atomic E-state index is 0.171. The third-order valence-corrected chi connectivity index (χ3v) is 2.83. The number of imidazole rings is 1. The van der Waals surface area contributed by atoms with Crippen LogP contribution in [0.4, 0.5) is 5.69 Å². The molecule has 0 atom stereocenters. The molecule has 92 valence electrons. The number of nitrogen functional groups attached to an aromatic ring is 1. The fraction of sp³-hybridized carbons (Fsp3) is 0.417. The summed E-state index contributed by atoms with van der Waals surface area (Å²) in [4.78, 5) is 4.46. The van der Waals surface area contributed by atoms with Gasteiger partial charge in [-0.25, -0.2) is 4.98 Å². The molecule has 0 aliphatic heterocycles. The standard InChI is InChI=1S/C12H17N3O2/c1-8-14-10-7-12(17-2)9(13)6-11(10)15(8)4-3-5-16/h6-7,16H,3-5,13H2,1-2H3. The minimum atomic E-state index is 0.171. The first-order chi connectivity index (χ1) is 8.17. The molecule has 5 heteroatoms. The van der Waals surface area contributed by atoms with Crippen LogP contribution in [0.2, 0.25) is 0 Å². The molecule has 3 N–H and O–H groups in total. The zero-order chi connectivity index (χ0) is 12.4. The number of hydrogen-bond acceptors (Lipinski definition) is 4. The van der Waals surface area contributed by atoms with Crippen LogP contribution in [0.15, 0.2) is 12.1 Å². The molecule has 0 saturated carbocycles. The van der Waals surface area contributed by atoms with Gasteiger partial charge in [0.25, 0.3) is 0 Å². The van der Waals surface area contributed by atoms with Crippen molar-refractivity contribution < 1.29 is 9.84 Å². The Kier molecular flexibility index (Phi) is 3.19. The number of aryl methyl sites for hydroxylation is 2. The van der Waals surface area contributed by atoms with E-state index in [0.29, 0.717) is 17.9 Å². The van der Waals surface area contributed by atoms with Crippen molar-refractivity contribution >= 4 is 16.7 Å². The molecule has 0 aliphatic carbocycles. The number of aromatic nitrogens is 2. The van der Waals surface area contributed by atoms with Gasteiger partial charge in [0.05, 0.1) is 23.8 Å². The molecular formula is C12H17N3O2. The van der Waals surface area contributed by atoms with Crippen LogP contribution in [0.1, 0.15) is 12.2 Å². The molecular weight excluding hydrogens is 218 g/mol. The van der Waals surface area contributed by atoms with Crippen molar-refractivity contribution in [3.8, 4) is 5.75 Å². The topological polar surface area (TPSA) is 73.3 Å². The quantitative estimate of drug-likeness (QED) is 0.784. The summed E-state index contributed by atoms with van der Waals surface area (Å²) in [5.41, 5.74) is 8.34. The molecule has 0 radical (unpaired) electrons. The number of hydrogen-bond donors (Lipinski definition) is 2. The molecule has 2 aromatic rings. The van der Waals surface area contributed by atoms with Crippen LogP contribution in [0.25, 0.3) is 11.0 Å². The van der Waals surface area contributed by atoms with Crippen LogP contribution in [0, 0.1) is 6.92 Å². The average molecular weight is 235 g/mol. The van der Waals surface area contributed by atoms with E-state index in [0.717, 1.165) is 23.4 Å².